The Kier molecular flexibility index (Phi) is 4.84. The molecule has 142 valence electrons. The van der Waals surface area contributed by atoms with Crippen molar-refractivity contribution >= 4 is 5.71 Å². The van der Waals surface area contributed by atoms with Crippen molar-refractivity contribution in [2.24, 2.45) is 10.9 Å². The molecule has 4 heterocycles. The van der Waals surface area contributed by atoms with Crippen LogP contribution in [0.4, 0.5) is 0 Å². The summed E-state index contributed by atoms with van der Waals surface area (Å²) in [5.41, 5.74) is 3.95. The van der Waals surface area contributed by atoms with E-state index < -0.39 is 0 Å². The highest BCUT2D eigenvalue weighted by Crippen LogP contribution is 2.40. The van der Waals surface area contributed by atoms with Crippen molar-refractivity contribution in [3.63, 3.8) is 0 Å². The van der Waals surface area contributed by atoms with Gasteiger partial charge in [-0.25, -0.2) is 0 Å². The van der Waals surface area contributed by atoms with Crippen LogP contribution in [-0.4, -0.2) is 29.7 Å². The van der Waals surface area contributed by atoms with E-state index in [1.54, 1.807) is 6.26 Å². The normalized spacial score (nSPS) is 26.4. The Balaban J connectivity index is 1.55. The van der Waals surface area contributed by atoms with Crippen molar-refractivity contribution in [2.45, 2.75) is 31.3 Å². The van der Waals surface area contributed by atoms with E-state index in [-0.39, 0.29) is 12.0 Å². The monoisotopic (exact) mass is 370 g/mol. The largest absolute Gasteiger partial charge is 0.469 e. The van der Waals surface area contributed by atoms with Crippen LogP contribution >= 0.6 is 0 Å². The van der Waals surface area contributed by atoms with Crippen LogP contribution in [0.3, 0.4) is 0 Å². The van der Waals surface area contributed by atoms with Crippen molar-refractivity contribution in [2.75, 3.05) is 13.1 Å². The van der Waals surface area contributed by atoms with E-state index in [2.05, 4.69) is 71.6 Å². The zero-order valence-electron chi connectivity index (χ0n) is 16.1. The number of nitrogens with zero attached hydrogens (tertiary/aromatic N) is 2. The highest BCUT2D eigenvalue weighted by atomic mass is 16.3. The first-order valence-electron chi connectivity index (χ1n) is 10.3. The maximum Gasteiger partial charge on any atom is 0.113 e. The lowest BCUT2D eigenvalue weighted by atomic mass is 9.73. The third-order valence-electron chi connectivity index (χ3n) is 6.26. The molecule has 0 saturated carbocycles. The Morgan fingerprint density at radius 1 is 0.893 bits per heavy atom. The number of hydrogen-bond acceptors (Lipinski definition) is 3. The summed E-state index contributed by atoms with van der Waals surface area (Å²) in [4.78, 5) is 7.84. The molecule has 2 unspecified atom stereocenters. The molecule has 0 N–H and O–H groups in total. The first kappa shape index (κ1) is 17.4. The summed E-state index contributed by atoms with van der Waals surface area (Å²) in [6.07, 6.45) is 4.25. The number of hydrogen-bond donors (Lipinski definition) is 0. The van der Waals surface area contributed by atoms with E-state index in [4.69, 9.17) is 9.41 Å². The summed E-state index contributed by atoms with van der Waals surface area (Å²) in [5.74, 6) is 1.82. The zero-order chi connectivity index (χ0) is 18.8. The summed E-state index contributed by atoms with van der Waals surface area (Å²) < 4.78 is 5.94. The van der Waals surface area contributed by atoms with Gasteiger partial charge in [0.25, 0.3) is 0 Å². The van der Waals surface area contributed by atoms with Crippen molar-refractivity contribution in [1.29, 1.82) is 0 Å². The molecule has 6 rings (SSSR count). The maximum absolute atomic E-state index is 5.94. The number of piperidine rings is 3. The van der Waals surface area contributed by atoms with Gasteiger partial charge < -0.3 is 4.42 Å². The lowest BCUT2D eigenvalue weighted by molar-refractivity contribution is 0.131. The van der Waals surface area contributed by atoms with Crippen LogP contribution in [0.15, 0.2) is 88.5 Å². The van der Waals surface area contributed by atoms with E-state index in [0.717, 1.165) is 25.4 Å². The number of benzene rings is 2. The molecule has 3 saturated heterocycles. The molecule has 28 heavy (non-hydrogen) atoms. The van der Waals surface area contributed by atoms with Crippen LogP contribution in [0.1, 0.15) is 35.6 Å². The molecule has 0 aliphatic carbocycles. The second-order valence-electron chi connectivity index (χ2n) is 7.89. The van der Waals surface area contributed by atoms with Crippen molar-refractivity contribution < 1.29 is 4.42 Å². The molecular formula is C25H26N2O. The molecule has 1 aromatic heterocycles. The summed E-state index contributed by atoms with van der Waals surface area (Å²) in [6.45, 7) is 3.07. The zero-order valence-corrected chi connectivity index (χ0v) is 16.1. The van der Waals surface area contributed by atoms with E-state index >= 15 is 0 Å². The molecule has 0 amide bonds. The van der Waals surface area contributed by atoms with Crippen molar-refractivity contribution in [3.05, 3.63) is 95.9 Å². The predicted octanol–water partition coefficient (Wildman–Crippen LogP) is 5.15. The topological polar surface area (TPSA) is 28.7 Å². The van der Waals surface area contributed by atoms with Gasteiger partial charge in [-0.15, -0.1) is 0 Å². The van der Waals surface area contributed by atoms with Crippen molar-refractivity contribution in [1.82, 2.24) is 4.90 Å². The molecule has 3 aliphatic heterocycles. The van der Waals surface area contributed by atoms with Gasteiger partial charge in [0.1, 0.15) is 5.76 Å². The third kappa shape index (κ3) is 3.31. The Morgan fingerprint density at radius 3 is 2.29 bits per heavy atom. The molecule has 0 radical (unpaired) electrons. The third-order valence-corrected chi connectivity index (χ3v) is 6.26. The maximum atomic E-state index is 5.94. The molecule has 2 bridgehead atoms. The minimum Gasteiger partial charge on any atom is -0.469 e. The van der Waals surface area contributed by atoms with Gasteiger partial charge in [0.15, 0.2) is 0 Å². The summed E-state index contributed by atoms with van der Waals surface area (Å²) in [7, 11) is 0. The molecule has 3 fully saturated rings. The molecule has 2 aromatic carbocycles. The van der Waals surface area contributed by atoms with Crippen molar-refractivity contribution in [3.8, 4) is 0 Å². The summed E-state index contributed by atoms with van der Waals surface area (Å²) in [5, 5.41) is 0. The van der Waals surface area contributed by atoms with Gasteiger partial charge in [-0.05, 0) is 49.2 Å². The average molecular weight is 370 g/mol. The minimum atomic E-state index is 0.189. The second kappa shape index (κ2) is 7.76. The van der Waals surface area contributed by atoms with Gasteiger partial charge in [0.05, 0.1) is 24.8 Å². The van der Waals surface area contributed by atoms with Crippen LogP contribution in [0.25, 0.3) is 0 Å². The highest BCUT2D eigenvalue weighted by molar-refractivity contribution is 5.94. The minimum absolute atomic E-state index is 0.189. The first-order valence-corrected chi connectivity index (χ1v) is 10.3. The molecular weight excluding hydrogens is 344 g/mol. The van der Waals surface area contributed by atoms with Gasteiger partial charge in [-0.1, -0.05) is 60.7 Å². The van der Waals surface area contributed by atoms with Crippen LogP contribution in [0, 0.1) is 5.92 Å². The van der Waals surface area contributed by atoms with E-state index in [0.29, 0.717) is 5.92 Å². The fraction of sp³-hybridized carbons (Fsp3) is 0.320. The van der Waals surface area contributed by atoms with Crippen LogP contribution < -0.4 is 0 Å². The predicted molar refractivity (Wildman–Crippen MR) is 113 cm³/mol. The lowest BCUT2D eigenvalue weighted by Gasteiger charge is -2.49. The first-order chi connectivity index (χ1) is 13.9. The fourth-order valence-corrected chi connectivity index (χ4v) is 4.90. The average Bonchev–Trinajstić information content (AvgIpc) is 3.30. The molecule has 3 aromatic rings. The fourth-order valence-electron chi connectivity index (χ4n) is 4.90. The van der Waals surface area contributed by atoms with Crippen LogP contribution in [0.5, 0.6) is 0 Å². The number of aliphatic imine (C=N–C) groups is 1. The van der Waals surface area contributed by atoms with E-state index in [1.807, 2.05) is 6.07 Å². The Bertz CT molecular complexity index is 910. The lowest BCUT2D eigenvalue weighted by Crippen LogP contribution is -2.57. The molecule has 0 spiro atoms. The number of fused-ring (bicyclic) bond motifs is 3. The summed E-state index contributed by atoms with van der Waals surface area (Å²) in [6, 6.07) is 25.8. The van der Waals surface area contributed by atoms with Gasteiger partial charge in [0.2, 0.25) is 0 Å². The van der Waals surface area contributed by atoms with E-state index in [9.17, 15) is 0 Å². The highest BCUT2D eigenvalue weighted by Gasteiger charge is 2.44. The van der Waals surface area contributed by atoms with Gasteiger partial charge in [-0.2, -0.15) is 0 Å². The van der Waals surface area contributed by atoms with Gasteiger partial charge in [-0.3, -0.25) is 9.89 Å². The van der Waals surface area contributed by atoms with Crippen LogP contribution in [-0.2, 0) is 6.54 Å². The molecule has 2 atom stereocenters. The quantitative estimate of drug-likeness (QED) is 0.622. The van der Waals surface area contributed by atoms with Crippen LogP contribution in [0.2, 0.25) is 0 Å². The smallest absolute Gasteiger partial charge is 0.113 e. The standard InChI is InChI=1S/C25H26N2O/c1-3-8-19(9-4-1)18-26-24-21-13-15-27(16-14-21)25(24)23(22-12-7-17-28-22)20-10-5-2-6-11-20/h1-12,17,21,23,25H,13-16,18H2. The Labute approximate surface area is 166 Å². The van der Waals surface area contributed by atoms with E-state index in [1.165, 1.54) is 29.7 Å². The Hall–Kier alpha value is -2.65. The molecule has 3 heteroatoms. The van der Waals surface area contributed by atoms with Gasteiger partial charge in [0, 0.05) is 11.6 Å². The SMILES string of the molecule is c1ccc(CN=C2C3CCN(CC3)C2C(c2ccccc2)c2ccco2)cc1. The molecule has 3 aliphatic rings. The molecule has 3 nitrogen and oxygen atoms in total. The second-order valence-corrected chi connectivity index (χ2v) is 7.89. The summed E-state index contributed by atoms with van der Waals surface area (Å²) >= 11 is 0. The number of furan rings is 1. The number of rotatable bonds is 5. The Morgan fingerprint density at radius 2 is 1.61 bits per heavy atom. The van der Waals surface area contributed by atoms with Gasteiger partial charge >= 0.3 is 0 Å².